The molecule has 1 aromatic carbocycles. The molecule has 1 aromatic rings. The summed E-state index contributed by atoms with van der Waals surface area (Å²) in [5.41, 5.74) is 0.0268. The molecule has 0 radical (unpaired) electrons. The summed E-state index contributed by atoms with van der Waals surface area (Å²) in [5, 5.41) is 12.6. The topological polar surface area (TPSA) is 73.2 Å². The Labute approximate surface area is 136 Å². The van der Waals surface area contributed by atoms with Crippen LogP contribution in [0, 0.1) is 17.2 Å². The van der Waals surface area contributed by atoms with E-state index >= 15 is 0 Å². The maximum atomic E-state index is 12.7. The van der Waals surface area contributed by atoms with Gasteiger partial charge in [-0.2, -0.15) is 9.57 Å². The molecule has 7 heteroatoms. The van der Waals surface area contributed by atoms with Crippen LogP contribution >= 0.6 is 11.6 Å². The molecule has 0 aromatic heterocycles. The standard InChI is InChI=1S/C15H20ClN3O2S/c1-2-18-11-12-6-8-19(9-7-12)22(20,21)15-5-3-4-14(16)13(15)10-17/h3-5,12,18H,2,6-9,11H2,1H3. The van der Waals surface area contributed by atoms with Crippen LogP contribution in [0.15, 0.2) is 23.1 Å². The molecular weight excluding hydrogens is 322 g/mol. The van der Waals surface area contributed by atoms with Gasteiger partial charge < -0.3 is 5.32 Å². The fraction of sp³-hybridized carbons (Fsp3) is 0.533. The smallest absolute Gasteiger partial charge is 0.244 e. The number of piperidine rings is 1. The third-order valence-electron chi connectivity index (χ3n) is 3.96. The van der Waals surface area contributed by atoms with Crippen molar-refractivity contribution >= 4 is 21.6 Å². The van der Waals surface area contributed by atoms with Crippen molar-refractivity contribution in [3.8, 4) is 6.07 Å². The molecule has 1 fully saturated rings. The Morgan fingerprint density at radius 1 is 1.41 bits per heavy atom. The summed E-state index contributed by atoms with van der Waals surface area (Å²) >= 11 is 5.94. The van der Waals surface area contributed by atoms with Gasteiger partial charge in [-0.3, -0.25) is 0 Å². The summed E-state index contributed by atoms with van der Waals surface area (Å²) in [6.45, 7) is 4.87. The number of halogens is 1. The zero-order valence-corrected chi connectivity index (χ0v) is 14.1. The molecule has 0 saturated carbocycles. The Bertz CT molecular complexity index is 662. The van der Waals surface area contributed by atoms with Gasteiger partial charge in [0.15, 0.2) is 0 Å². The van der Waals surface area contributed by atoms with Crippen LogP contribution in [0.3, 0.4) is 0 Å². The molecule has 120 valence electrons. The second-order valence-electron chi connectivity index (χ2n) is 5.38. The number of rotatable bonds is 5. The van der Waals surface area contributed by atoms with Gasteiger partial charge in [0.25, 0.3) is 0 Å². The first-order valence-corrected chi connectivity index (χ1v) is 9.22. The second kappa shape index (κ2) is 7.42. The lowest BCUT2D eigenvalue weighted by Crippen LogP contribution is -2.40. The molecule has 22 heavy (non-hydrogen) atoms. The summed E-state index contributed by atoms with van der Waals surface area (Å²) in [6, 6.07) is 6.44. The van der Waals surface area contributed by atoms with E-state index in [4.69, 9.17) is 11.6 Å². The summed E-state index contributed by atoms with van der Waals surface area (Å²) in [6.07, 6.45) is 1.66. The second-order valence-corrected chi connectivity index (χ2v) is 7.69. The van der Waals surface area contributed by atoms with Crippen LogP contribution in [0.5, 0.6) is 0 Å². The minimum atomic E-state index is -3.67. The fourth-order valence-corrected chi connectivity index (χ4v) is 4.58. The Hall–Kier alpha value is -1.13. The molecule has 0 spiro atoms. The van der Waals surface area contributed by atoms with Gasteiger partial charge in [-0.05, 0) is 44.0 Å². The Balaban J connectivity index is 2.16. The van der Waals surface area contributed by atoms with Crippen molar-refractivity contribution < 1.29 is 8.42 Å². The molecule has 5 nitrogen and oxygen atoms in total. The maximum Gasteiger partial charge on any atom is 0.244 e. The van der Waals surface area contributed by atoms with Gasteiger partial charge in [0.1, 0.15) is 11.0 Å². The van der Waals surface area contributed by atoms with E-state index in [1.165, 1.54) is 16.4 Å². The molecule has 1 N–H and O–H groups in total. The molecule has 0 aliphatic carbocycles. The third kappa shape index (κ3) is 3.61. The third-order valence-corrected chi connectivity index (χ3v) is 6.22. The van der Waals surface area contributed by atoms with Crippen LogP contribution < -0.4 is 5.32 Å². The fourth-order valence-electron chi connectivity index (χ4n) is 2.67. The van der Waals surface area contributed by atoms with Crippen LogP contribution in [0.4, 0.5) is 0 Å². The van der Waals surface area contributed by atoms with Gasteiger partial charge in [-0.15, -0.1) is 0 Å². The molecule has 0 amide bonds. The van der Waals surface area contributed by atoms with Crippen molar-refractivity contribution in [2.24, 2.45) is 5.92 Å². The largest absolute Gasteiger partial charge is 0.317 e. The van der Waals surface area contributed by atoms with E-state index in [-0.39, 0.29) is 15.5 Å². The average molecular weight is 342 g/mol. The van der Waals surface area contributed by atoms with E-state index < -0.39 is 10.0 Å². The van der Waals surface area contributed by atoms with Crippen LogP contribution in [0.2, 0.25) is 5.02 Å². The maximum absolute atomic E-state index is 12.7. The van der Waals surface area contributed by atoms with Crippen LogP contribution in [0.1, 0.15) is 25.3 Å². The molecule has 1 aliphatic heterocycles. The summed E-state index contributed by atoms with van der Waals surface area (Å²) in [4.78, 5) is 0.00707. The minimum Gasteiger partial charge on any atom is -0.317 e. The molecule has 0 atom stereocenters. The van der Waals surface area contributed by atoms with Crippen molar-refractivity contribution in [2.45, 2.75) is 24.7 Å². The molecule has 0 unspecified atom stereocenters. The molecule has 1 heterocycles. The lowest BCUT2D eigenvalue weighted by molar-refractivity contribution is 0.268. The highest BCUT2D eigenvalue weighted by Crippen LogP contribution is 2.28. The summed E-state index contributed by atoms with van der Waals surface area (Å²) in [7, 11) is -3.67. The lowest BCUT2D eigenvalue weighted by Gasteiger charge is -2.31. The van der Waals surface area contributed by atoms with Crippen molar-refractivity contribution in [2.75, 3.05) is 26.2 Å². The van der Waals surface area contributed by atoms with E-state index in [9.17, 15) is 13.7 Å². The number of nitriles is 1. The predicted octanol–water partition coefficient (Wildman–Crippen LogP) is 2.22. The number of nitrogens with zero attached hydrogens (tertiary/aromatic N) is 2. The van der Waals surface area contributed by atoms with E-state index in [1.807, 2.05) is 6.07 Å². The van der Waals surface area contributed by atoms with Crippen molar-refractivity contribution in [3.63, 3.8) is 0 Å². The van der Waals surface area contributed by atoms with Crippen LogP contribution in [-0.4, -0.2) is 38.9 Å². The normalized spacial score (nSPS) is 17.3. The van der Waals surface area contributed by atoms with Crippen LogP contribution in [0.25, 0.3) is 0 Å². The number of hydrogen-bond donors (Lipinski definition) is 1. The van der Waals surface area contributed by atoms with Gasteiger partial charge in [0.05, 0.1) is 10.6 Å². The Kier molecular flexibility index (Phi) is 5.81. The number of nitrogens with one attached hydrogen (secondary N) is 1. The first-order valence-electron chi connectivity index (χ1n) is 7.40. The zero-order valence-electron chi connectivity index (χ0n) is 12.5. The average Bonchev–Trinajstić information content (AvgIpc) is 2.53. The van der Waals surface area contributed by atoms with Gasteiger partial charge in [0, 0.05) is 13.1 Å². The first-order chi connectivity index (χ1) is 10.5. The number of hydrogen-bond acceptors (Lipinski definition) is 4. The van der Waals surface area contributed by atoms with E-state index in [1.54, 1.807) is 6.07 Å². The predicted molar refractivity (Wildman–Crippen MR) is 86.2 cm³/mol. The number of sulfonamides is 1. The Morgan fingerprint density at radius 3 is 2.68 bits per heavy atom. The summed E-state index contributed by atoms with van der Waals surface area (Å²) in [5.74, 6) is 0.501. The van der Waals surface area contributed by atoms with Crippen molar-refractivity contribution in [1.29, 1.82) is 5.26 Å². The molecule has 0 bridgehead atoms. The van der Waals surface area contributed by atoms with Crippen LogP contribution in [-0.2, 0) is 10.0 Å². The van der Waals surface area contributed by atoms with E-state index in [0.717, 1.165) is 25.9 Å². The number of benzene rings is 1. The highest BCUT2D eigenvalue weighted by atomic mass is 35.5. The van der Waals surface area contributed by atoms with E-state index in [0.29, 0.717) is 19.0 Å². The molecule has 1 aliphatic rings. The quantitative estimate of drug-likeness (QED) is 0.891. The van der Waals surface area contributed by atoms with Crippen molar-refractivity contribution in [1.82, 2.24) is 9.62 Å². The molecule has 1 saturated heterocycles. The Morgan fingerprint density at radius 2 is 2.09 bits per heavy atom. The van der Waals surface area contributed by atoms with Gasteiger partial charge >= 0.3 is 0 Å². The molecule has 2 rings (SSSR count). The monoisotopic (exact) mass is 341 g/mol. The lowest BCUT2D eigenvalue weighted by atomic mass is 9.98. The van der Waals surface area contributed by atoms with Gasteiger partial charge in [-0.25, -0.2) is 8.42 Å². The first kappa shape index (κ1) is 17.2. The summed E-state index contributed by atoms with van der Waals surface area (Å²) < 4.78 is 26.9. The SMILES string of the molecule is CCNCC1CCN(S(=O)(=O)c2cccc(Cl)c2C#N)CC1. The zero-order chi connectivity index (χ0) is 16.2. The minimum absolute atomic E-state index is 0.00707. The molecular formula is C15H20ClN3O2S. The van der Waals surface area contributed by atoms with E-state index in [2.05, 4.69) is 12.2 Å². The van der Waals surface area contributed by atoms with Gasteiger partial charge in [0.2, 0.25) is 10.0 Å². The van der Waals surface area contributed by atoms with Crippen molar-refractivity contribution in [3.05, 3.63) is 28.8 Å². The van der Waals surface area contributed by atoms with Gasteiger partial charge in [-0.1, -0.05) is 24.6 Å². The highest BCUT2D eigenvalue weighted by Gasteiger charge is 2.31. The highest BCUT2D eigenvalue weighted by molar-refractivity contribution is 7.89.